The van der Waals surface area contributed by atoms with E-state index in [2.05, 4.69) is 20.6 Å². The van der Waals surface area contributed by atoms with Crippen LogP contribution in [0.2, 0.25) is 5.02 Å². The average molecular weight is 455 g/mol. The molecule has 2 aromatic heterocycles. The second kappa shape index (κ2) is 8.89. The van der Waals surface area contributed by atoms with E-state index in [1.54, 1.807) is 48.8 Å². The van der Waals surface area contributed by atoms with E-state index in [0.717, 1.165) is 5.56 Å². The minimum atomic E-state index is -3.91. The minimum absolute atomic E-state index is 0.00324. The number of hydrogen-bond acceptors (Lipinski definition) is 5. The quantitative estimate of drug-likeness (QED) is 0.394. The number of nitrogens with one attached hydrogen (secondary N) is 3. The third-order valence-corrected chi connectivity index (χ3v) is 6.75. The fraction of sp³-hybridized carbons (Fsp3) is 0.0909. The number of sulfone groups is 1. The molecule has 158 valence electrons. The number of anilines is 1. The van der Waals surface area contributed by atoms with Gasteiger partial charge in [-0.25, -0.2) is 8.42 Å². The summed E-state index contributed by atoms with van der Waals surface area (Å²) in [5, 5.41) is 6.53. The number of nitrogens with zero attached hydrogens (tertiary/aromatic N) is 1. The average Bonchev–Trinajstić information content (AvgIpc) is 3.12. The number of H-pyrrole nitrogens is 1. The van der Waals surface area contributed by atoms with E-state index in [4.69, 9.17) is 11.6 Å². The van der Waals surface area contributed by atoms with Crippen LogP contribution in [-0.2, 0) is 21.2 Å². The number of benzene rings is 2. The van der Waals surface area contributed by atoms with Crippen LogP contribution in [0, 0.1) is 0 Å². The number of carbonyl (C=O) groups is 1. The highest BCUT2D eigenvalue weighted by atomic mass is 35.5. The molecule has 0 aliphatic carbocycles. The Kier molecular flexibility index (Phi) is 6.03. The van der Waals surface area contributed by atoms with Gasteiger partial charge in [-0.2, -0.15) is 0 Å². The van der Waals surface area contributed by atoms with Crippen molar-refractivity contribution in [1.29, 1.82) is 0 Å². The van der Waals surface area contributed by atoms with Crippen LogP contribution >= 0.6 is 11.6 Å². The second-order valence-electron chi connectivity index (χ2n) is 6.84. The first kappa shape index (κ1) is 21.0. The molecule has 4 aromatic rings. The van der Waals surface area contributed by atoms with Gasteiger partial charge >= 0.3 is 0 Å². The van der Waals surface area contributed by atoms with Crippen LogP contribution < -0.4 is 10.6 Å². The Morgan fingerprint density at radius 3 is 2.52 bits per heavy atom. The molecule has 0 saturated carbocycles. The number of hydrogen-bond donors (Lipinski definition) is 3. The number of aromatic nitrogens is 2. The Morgan fingerprint density at radius 2 is 1.77 bits per heavy atom. The number of rotatable bonds is 7. The number of amides is 1. The third-order valence-electron chi connectivity index (χ3n) is 4.66. The van der Waals surface area contributed by atoms with E-state index < -0.39 is 9.84 Å². The Balaban J connectivity index is 1.63. The molecular weight excluding hydrogens is 436 g/mol. The van der Waals surface area contributed by atoms with Gasteiger partial charge in [-0.1, -0.05) is 29.8 Å². The van der Waals surface area contributed by atoms with Gasteiger partial charge in [0.25, 0.3) is 0 Å². The highest BCUT2D eigenvalue weighted by molar-refractivity contribution is 7.92. The van der Waals surface area contributed by atoms with E-state index in [9.17, 15) is 13.2 Å². The molecule has 7 nitrogen and oxygen atoms in total. The summed E-state index contributed by atoms with van der Waals surface area (Å²) in [7, 11) is -3.91. The summed E-state index contributed by atoms with van der Waals surface area (Å²) < 4.78 is 26.8. The summed E-state index contributed by atoms with van der Waals surface area (Å²) >= 11 is 6.12. The van der Waals surface area contributed by atoms with Crippen LogP contribution in [0.25, 0.3) is 10.9 Å². The Morgan fingerprint density at radius 1 is 1.03 bits per heavy atom. The highest BCUT2D eigenvalue weighted by Gasteiger charge is 2.27. The highest BCUT2D eigenvalue weighted by Crippen LogP contribution is 2.36. The van der Waals surface area contributed by atoms with Crippen LogP contribution in [0.15, 0.2) is 82.8 Å². The fourth-order valence-corrected chi connectivity index (χ4v) is 4.98. The van der Waals surface area contributed by atoms with E-state index >= 15 is 0 Å². The molecule has 0 fully saturated rings. The van der Waals surface area contributed by atoms with Crippen LogP contribution in [-0.4, -0.2) is 30.8 Å². The van der Waals surface area contributed by atoms with Gasteiger partial charge in [0.1, 0.15) is 10.7 Å². The monoisotopic (exact) mass is 454 g/mol. The maximum absolute atomic E-state index is 13.4. The molecule has 9 heteroatoms. The van der Waals surface area contributed by atoms with Crippen molar-refractivity contribution in [3.63, 3.8) is 0 Å². The molecule has 2 aromatic carbocycles. The topological polar surface area (TPSA) is 104 Å². The number of halogens is 1. The standard InChI is InChI=1S/C22H19ClN4O3S/c23-16-6-7-19-18(12-16)21(31(29,30)17-4-2-1-3-5-17)22(26-19)27-20(28)14-25-13-15-8-10-24-11-9-15/h1-12,25-26H,13-14H2,(H,27,28). The summed E-state index contributed by atoms with van der Waals surface area (Å²) in [6.07, 6.45) is 3.35. The lowest BCUT2D eigenvalue weighted by Gasteiger charge is -2.09. The lowest BCUT2D eigenvalue weighted by atomic mass is 10.2. The summed E-state index contributed by atoms with van der Waals surface area (Å²) in [6.45, 7) is 0.483. The van der Waals surface area contributed by atoms with Crippen molar-refractivity contribution in [2.45, 2.75) is 16.3 Å². The Bertz CT molecular complexity index is 1320. The van der Waals surface area contributed by atoms with Gasteiger partial charge in [0.05, 0.1) is 11.4 Å². The van der Waals surface area contributed by atoms with Gasteiger partial charge in [0.15, 0.2) is 0 Å². The molecule has 0 radical (unpaired) electrons. The van der Waals surface area contributed by atoms with Crippen LogP contribution in [0.5, 0.6) is 0 Å². The molecule has 3 N–H and O–H groups in total. The van der Waals surface area contributed by atoms with E-state index in [-0.39, 0.29) is 28.1 Å². The first-order valence-corrected chi connectivity index (χ1v) is 11.3. The van der Waals surface area contributed by atoms with Gasteiger partial charge in [-0.3, -0.25) is 9.78 Å². The lowest BCUT2D eigenvalue weighted by Crippen LogP contribution is -2.28. The smallest absolute Gasteiger partial charge is 0.239 e. The van der Waals surface area contributed by atoms with Crippen molar-refractivity contribution in [3.05, 3.63) is 83.6 Å². The zero-order valence-corrected chi connectivity index (χ0v) is 17.9. The molecule has 0 atom stereocenters. The van der Waals surface area contributed by atoms with Crippen LogP contribution in [0.4, 0.5) is 5.82 Å². The Hall–Kier alpha value is -3.20. The van der Waals surface area contributed by atoms with Crippen molar-refractivity contribution in [2.24, 2.45) is 0 Å². The van der Waals surface area contributed by atoms with Crippen molar-refractivity contribution >= 4 is 44.1 Å². The predicted molar refractivity (Wildman–Crippen MR) is 120 cm³/mol. The largest absolute Gasteiger partial charge is 0.340 e. The molecule has 0 spiro atoms. The molecule has 0 unspecified atom stereocenters. The van der Waals surface area contributed by atoms with Crippen LogP contribution in [0.1, 0.15) is 5.56 Å². The van der Waals surface area contributed by atoms with E-state index in [1.807, 2.05) is 12.1 Å². The zero-order valence-electron chi connectivity index (χ0n) is 16.3. The third kappa shape index (κ3) is 4.61. The number of fused-ring (bicyclic) bond motifs is 1. The summed E-state index contributed by atoms with van der Waals surface area (Å²) in [4.78, 5) is 19.6. The van der Waals surface area contributed by atoms with Gasteiger partial charge in [0, 0.05) is 34.9 Å². The molecule has 1 amide bonds. The van der Waals surface area contributed by atoms with Crippen molar-refractivity contribution in [1.82, 2.24) is 15.3 Å². The lowest BCUT2D eigenvalue weighted by molar-refractivity contribution is -0.115. The molecule has 0 aliphatic rings. The Labute approximate surface area is 184 Å². The van der Waals surface area contributed by atoms with Crippen molar-refractivity contribution < 1.29 is 13.2 Å². The van der Waals surface area contributed by atoms with E-state index in [1.165, 1.54) is 12.1 Å². The van der Waals surface area contributed by atoms with Crippen molar-refractivity contribution in [3.8, 4) is 0 Å². The number of aromatic amines is 1. The minimum Gasteiger partial charge on any atom is -0.340 e. The van der Waals surface area contributed by atoms with Gasteiger partial charge < -0.3 is 15.6 Å². The number of pyridine rings is 1. The number of carbonyl (C=O) groups excluding carboxylic acids is 1. The molecule has 4 rings (SSSR count). The first-order chi connectivity index (χ1) is 14.9. The predicted octanol–water partition coefficient (Wildman–Crippen LogP) is 3.78. The van der Waals surface area contributed by atoms with Gasteiger partial charge in [-0.15, -0.1) is 0 Å². The zero-order chi connectivity index (χ0) is 21.8. The maximum Gasteiger partial charge on any atom is 0.239 e. The molecule has 0 bridgehead atoms. The molecule has 0 saturated heterocycles. The normalized spacial score (nSPS) is 11.5. The fourth-order valence-electron chi connectivity index (χ4n) is 3.23. The molecule has 0 aliphatic heterocycles. The summed E-state index contributed by atoms with van der Waals surface area (Å²) in [6, 6.07) is 16.7. The van der Waals surface area contributed by atoms with E-state index in [0.29, 0.717) is 22.5 Å². The molecule has 31 heavy (non-hydrogen) atoms. The maximum atomic E-state index is 13.4. The van der Waals surface area contributed by atoms with Crippen LogP contribution in [0.3, 0.4) is 0 Å². The molecule has 2 heterocycles. The summed E-state index contributed by atoms with van der Waals surface area (Å²) in [5.41, 5.74) is 1.54. The SMILES string of the molecule is O=C(CNCc1ccncc1)Nc1[nH]c2ccc(Cl)cc2c1S(=O)(=O)c1ccccc1. The first-order valence-electron chi connectivity index (χ1n) is 9.46. The van der Waals surface area contributed by atoms with Gasteiger partial charge in [-0.05, 0) is 48.0 Å². The van der Waals surface area contributed by atoms with Crippen molar-refractivity contribution in [2.75, 3.05) is 11.9 Å². The molecular formula is C22H19ClN4O3S. The second-order valence-corrected chi connectivity index (χ2v) is 9.17. The van der Waals surface area contributed by atoms with Gasteiger partial charge in [0.2, 0.25) is 15.7 Å². The summed E-state index contributed by atoms with van der Waals surface area (Å²) in [5.74, 6) is -0.270.